The second kappa shape index (κ2) is 4.77. The van der Waals surface area contributed by atoms with Crippen LogP contribution in [0.5, 0.6) is 0 Å². The molecule has 0 bridgehead atoms. The molecule has 1 fully saturated rings. The van der Waals surface area contributed by atoms with Crippen LogP contribution in [0.1, 0.15) is 21.7 Å². The molecule has 1 atom stereocenters. The highest BCUT2D eigenvalue weighted by molar-refractivity contribution is 4.74. The highest BCUT2D eigenvalue weighted by atomic mass is 15.1. The maximum absolute atomic E-state index is 5.58. The largest absolute Gasteiger partial charge is 0.326 e. The van der Waals surface area contributed by atoms with E-state index in [0.717, 1.165) is 6.54 Å². The second-order valence-corrected chi connectivity index (χ2v) is 2.31. The van der Waals surface area contributed by atoms with E-state index in [1.165, 1.54) is 13.0 Å². The van der Waals surface area contributed by atoms with Gasteiger partial charge in [0.2, 0.25) is 0 Å². The van der Waals surface area contributed by atoms with Crippen LogP contribution in [-0.2, 0) is 0 Å². The van der Waals surface area contributed by atoms with Crippen molar-refractivity contribution in [1.29, 1.82) is 0 Å². The molecule has 0 aromatic carbocycles. The van der Waals surface area contributed by atoms with E-state index in [1.807, 2.05) is 13.8 Å². The van der Waals surface area contributed by atoms with Gasteiger partial charge in [0.15, 0.2) is 0 Å². The maximum atomic E-state index is 5.58. The van der Waals surface area contributed by atoms with Gasteiger partial charge in [0.1, 0.15) is 0 Å². The van der Waals surface area contributed by atoms with Crippen molar-refractivity contribution in [3.05, 3.63) is 0 Å². The van der Waals surface area contributed by atoms with Crippen molar-refractivity contribution in [2.24, 2.45) is 5.73 Å². The third-order valence-electron chi connectivity index (χ3n) is 1.43. The van der Waals surface area contributed by atoms with Crippen molar-refractivity contribution < 1.29 is 1.43 Å². The van der Waals surface area contributed by atoms with Gasteiger partial charge in [0.05, 0.1) is 0 Å². The highest BCUT2D eigenvalue weighted by Gasteiger charge is 2.13. The number of hydrogen-bond acceptors (Lipinski definition) is 2. The lowest BCUT2D eigenvalue weighted by Gasteiger charge is -2.03. The molecule has 1 aliphatic heterocycles. The van der Waals surface area contributed by atoms with Gasteiger partial charge in [-0.2, -0.15) is 0 Å². The molecule has 58 valence electrons. The van der Waals surface area contributed by atoms with Crippen LogP contribution < -0.4 is 5.73 Å². The van der Waals surface area contributed by atoms with Gasteiger partial charge in [-0.3, -0.25) is 0 Å². The van der Waals surface area contributed by atoms with Gasteiger partial charge < -0.3 is 10.6 Å². The van der Waals surface area contributed by atoms with E-state index < -0.39 is 0 Å². The minimum Gasteiger partial charge on any atom is -0.326 e. The van der Waals surface area contributed by atoms with Crippen molar-refractivity contribution in [3.63, 3.8) is 0 Å². The van der Waals surface area contributed by atoms with Gasteiger partial charge in [-0.05, 0) is 20.0 Å². The van der Waals surface area contributed by atoms with E-state index in [1.54, 1.807) is 0 Å². The summed E-state index contributed by atoms with van der Waals surface area (Å²) in [6.45, 7) is 6.27. The van der Waals surface area contributed by atoms with Crippen LogP contribution in [0, 0.1) is 0 Å². The number of rotatable bonds is 0. The minimum absolute atomic E-state index is 0. The fourth-order valence-electron chi connectivity index (χ4n) is 0.969. The molecule has 0 radical (unpaired) electrons. The Balaban J connectivity index is 0. The van der Waals surface area contributed by atoms with Crippen molar-refractivity contribution in [1.82, 2.24) is 4.90 Å². The smallest absolute Gasteiger partial charge is 0.0179 e. The molecule has 0 spiro atoms. The molecule has 0 aromatic rings. The molecule has 0 aromatic heterocycles. The first-order valence-corrected chi connectivity index (χ1v) is 3.73. The monoisotopic (exact) mass is 132 g/mol. The van der Waals surface area contributed by atoms with Crippen molar-refractivity contribution >= 4 is 0 Å². The molecule has 0 saturated carbocycles. The summed E-state index contributed by atoms with van der Waals surface area (Å²) in [4.78, 5) is 2.25. The molecule has 0 unspecified atom stereocenters. The van der Waals surface area contributed by atoms with E-state index in [4.69, 9.17) is 5.73 Å². The predicted molar refractivity (Wildman–Crippen MR) is 43.6 cm³/mol. The zero-order chi connectivity index (χ0) is 7.28. The molecule has 2 N–H and O–H groups in total. The molecule has 9 heavy (non-hydrogen) atoms. The Morgan fingerprint density at radius 2 is 2.11 bits per heavy atom. The Hall–Kier alpha value is -0.0800. The summed E-state index contributed by atoms with van der Waals surface area (Å²) in [5.74, 6) is 0. The van der Waals surface area contributed by atoms with Crippen LogP contribution in [0.15, 0.2) is 0 Å². The molecule has 1 heterocycles. The zero-order valence-corrected chi connectivity index (χ0v) is 6.72. The van der Waals surface area contributed by atoms with E-state index in [-0.39, 0.29) is 1.43 Å². The maximum Gasteiger partial charge on any atom is 0.0179 e. The fourth-order valence-corrected chi connectivity index (χ4v) is 0.969. The van der Waals surface area contributed by atoms with E-state index in [0.29, 0.717) is 6.04 Å². The molecule has 1 saturated heterocycles. The molecular weight excluding hydrogens is 112 g/mol. The lowest BCUT2D eigenvalue weighted by Crippen LogP contribution is -2.23. The molecule has 0 amide bonds. The minimum atomic E-state index is 0. The zero-order valence-electron chi connectivity index (χ0n) is 6.72. The van der Waals surface area contributed by atoms with Crippen LogP contribution in [0.2, 0.25) is 0 Å². The standard InChI is InChI=1S/C5H12N2.C2H6.H2/c1-7-3-2-5(6)4-7;1-2;/h5H,2-4,6H2,1H3;1-2H3;1H/t5-;;/m0../s1. The van der Waals surface area contributed by atoms with E-state index >= 15 is 0 Å². The molecule has 2 heteroatoms. The van der Waals surface area contributed by atoms with Crippen molar-refractivity contribution in [3.8, 4) is 0 Å². The topological polar surface area (TPSA) is 29.3 Å². The summed E-state index contributed by atoms with van der Waals surface area (Å²) in [7, 11) is 2.10. The first kappa shape index (κ1) is 8.92. The van der Waals surface area contributed by atoms with Gasteiger partial charge in [0.25, 0.3) is 0 Å². The summed E-state index contributed by atoms with van der Waals surface area (Å²) in [6, 6.07) is 0.449. The number of likely N-dealkylation sites (N-methyl/N-ethyl adjacent to an activating group) is 1. The van der Waals surface area contributed by atoms with Crippen molar-refractivity contribution in [2.75, 3.05) is 20.1 Å². The lowest BCUT2D eigenvalue weighted by atomic mass is 10.3. The Kier molecular flexibility index (Phi) is 4.72. The summed E-state index contributed by atoms with van der Waals surface area (Å²) < 4.78 is 0. The Morgan fingerprint density at radius 1 is 1.56 bits per heavy atom. The lowest BCUT2D eigenvalue weighted by molar-refractivity contribution is 0.411. The summed E-state index contributed by atoms with van der Waals surface area (Å²) in [6.07, 6.45) is 1.18. The molecule has 1 rings (SSSR count). The normalized spacial score (nSPS) is 27.3. The van der Waals surface area contributed by atoms with Gasteiger partial charge in [-0.1, -0.05) is 13.8 Å². The predicted octanol–water partition coefficient (Wildman–Crippen LogP) is 0.921. The number of hydrogen-bond donors (Lipinski definition) is 1. The van der Waals surface area contributed by atoms with Gasteiger partial charge >= 0.3 is 0 Å². The van der Waals surface area contributed by atoms with Crippen LogP contribution in [0.4, 0.5) is 0 Å². The molecule has 2 nitrogen and oxygen atoms in total. The average Bonchev–Trinajstić information content (AvgIpc) is 2.20. The van der Waals surface area contributed by atoms with Crippen molar-refractivity contribution in [2.45, 2.75) is 26.3 Å². The molecule has 1 aliphatic rings. The third kappa shape index (κ3) is 3.49. The van der Waals surface area contributed by atoms with Gasteiger partial charge in [-0.25, -0.2) is 0 Å². The highest BCUT2D eigenvalue weighted by Crippen LogP contribution is 2.01. The van der Waals surface area contributed by atoms with Crippen LogP contribution >= 0.6 is 0 Å². The number of nitrogens with zero attached hydrogens (tertiary/aromatic N) is 1. The van der Waals surface area contributed by atoms with Crippen LogP contribution in [-0.4, -0.2) is 31.1 Å². The number of likely N-dealkylation sites (tertiary alicyclic amines) is 1. The van der Waals surface area contributed by atoms with E-state index in [9.17, 15) is 0 Å². The molecule has 0 aliphatic carbocycles. The average molecular weight is 132 g/mol. The number of nitrogens with two attached hydrogens (primary N) is 1. The summed E-state index contributed by atoms with van der Waals surface area (Å²) >= 11 is 0. The second-order valence-electron chi connectivity index (χ2n) is 2.31. The first-order chi connectivity index (χ1) is 4.29. The quantitative estimate of drug-likeness (QED) is 0.531. The van der Waals surface area contributed by atoms with E-state index in [2.05, 4.69) is 11.9 Å². The molecular formula is C7H20N2. The Labute approximate surface area is 59.5 Å². The SMILES string of the molecule is CC.CN1CC[C@H](N)C1.[HH]. The van der Waals surface area contributed by atoms with Gasteiger partial charge in [-0.15, -0.1) is 0 Å². The third-order valence-corrected chi connectivity index (χ3v) is 1.43. The van der Waals surface area contributed by atoms with Crippen LogP contribution in [0.25, 0.3) is 0 Å². The summed E-state index contributed by atoms with van der Waals surface area (Å²) in [5.41, 5.74) is 5.58. The summed E-state index contributed by atoms with van der Waals surface area (Å²) in [5, 5.41) is 0. The Bertz CT molecular complexity index is 60.6. The Morgan fingerprint density at radius 3 is 2.22 bits per heavy atom. The fraction of sp³-hybridized carbons (Fsp3) is 1.00. The van der Waals surface area contributed by atoms with Gasteiger partial charge in [0, 0.05) is 14.0 Å². The first-order valence-electron chi connectivity index (χ1n) is 3.73. The van der Waals surface area contributed by atoms with Crippen LogP contribution in [0.3, 0.4) is 0 Å².